The lowest BCUT2D eigenvalue weighted by atomic mass is 10.00. The van der Waals surface area contributed by atoms with Gasteiger partial charge in [0, 0.05) is 30.1 Å². The zero-order chi connectivity index (χ0) is 20.5. The van der Waals surface area contributed by atoms with Crippen LogP contribution in [-0.4, -0.2) is 14.3 Å². The number of hydrogen-bond acceptors (Lipinski definition) is 6. The van der Waals surface area contributed by atoms with Gasteiger partial charge in [-0.2, -0.15) is 8.42 Å². The van der Waals surface area contributed by atoms with Gasteiger partial charge in [0.2, 0.25) is 5.91 Å². The Morgan fingerprint density at radius 2 is 1.75 bits per heavy atom. The molecule has 3 aromatic rings. The quantitative estimate of drug-likeness (QED) is 0.517. The average Bonchev–Trinajstić information content (AvgIpc) is 2.60. The summed E-state index contributed by atoms with van der Waals surface area (Å²) in [6.45, 7) is 5.26. The number of benzene rings is 2. The van der Waals surface area contributed by atoms with E-state index in [0.29, 0.717) is 5.69 Å². The van der Waals surface area contributed by atoms with Crippen molar-refractivity contribution < 1.29 is 21.8 Å². The van der Waals surface area contributed by atoms with Crippen LogP contribution in [-0.2, 0) is 14.9 Å². The van der Waals surface area contributed by atoms with Crippen molar-refractivity contribution in [3.63, 3.8) is 0 Å². The summed E-state index contributed by atoms with van der Waals surface area (Å²) in [7, 11) is -4.10. The summed E-state index contributed by atoms with van der Waals surface area (Å²) < 4.78 is 35.4. The van der Waals surface area contributed by atoms with Crippen LogP contribution >= 0.6 is 0 Å². The van der Waals surface area contributed by atoms with Crippen molar-refractivity contribution in [1.29, 1.82) is 0 Å². The summed E-state index contributed by atoms with van der Waals surface area (Å²) >= 11 is 0. The van der Waals surface area contributed by atoms with Gasteiger partial charge in [-0.1, -0.05) is 13.8 Å². The fraction of sp³-hybridized carbons (Fsp3) is 0.200. The number of rotatable bonds is 5. The minimum atomic E-state index is -4.10. The van der Waals surface area contributed by atoms with Crippen LogP contribution in [0.3, 0.4) is 0 Å². The highest BCUT2D eigenvalue weighted by atomic mass is 32.2. The van der Waals surface area contributed by atoms with Crippen LogP contribution in [0.4, 0.5) is 5.69 Å². The highest BCUT2D eigenvalue weighted by molar-refractivity contribution is 7.87. The van der Waals surface area contributed by atoms with Crippen LogP contribution in [0, 0.1) is 0 Å². The van der Waals surface area contributed by atoms with Gasteiger partial charge in [-0.25, -0.2) is 4.79 Å². The predicted molar refractivity (Wildman–Crippen MR) is 105 cm³/mol. The van der Waals surface area contributed by atoms with E-state index in [-0.39, 0.29) is 28.1 Å². The number of carbonyl (C=O) groups is 1. The first-order valence-electron chi connectivity index (χ1n) is 8.55. The largest absolute Gasteiger partial charge is 0.423 e. The van der Waals surface area contributed by atoms with Gasteiger partial charge in [0.15, 0.2) is 0 Å². The smallest absolute Gasteiger partial charge is 0.339 e. The molecule has 8 heteroatoms. The lowest BCUT2D eigenvalue weighted by Crippen LogP contribution is -2.11. The summed E-state index contributed by atoms with van der Waals surface area (Å²) in [6.07, 6.45) is 0. The third-order valence-corrected chi connectivity index (χ3v) is 5.30. The summed E-state index contributed by atoms with van der Waals surface area (Å²) in [5, 5.41) is 3.28. The molecule has 7 nitrogen and oxygen atoms in total. The third-order valence-electron chi connectivity index (χ3n) is 4.04. The van der Waals surface area contributed by atoms with Gasteiger partial charge >= 0.3 is 15.7 Å². The minimum Gasteiger partial charge on any atom is -0.423 e. The number of carbonyl (C=O) groups excluding carboxylic acids is 1. The first-order valence-corrected chi connectivity index (χ1v) is 9.96. The third kappa shape index (κ3) is 4.23. The van der Waals surface area contributed by atoms with Gasteiger partial charge in [0.25, 0.3) is 0 Å². The van der Waals surface area contributed by atoms with Gasteiger partial charge in [0.1, 0.15) is 16.2 Å². The summed E-state index contributed by atoms with van der Waals surface area (Å²) in [5.41, 5.74) is 1.03. The fourth-order valence-corrected chi connectivity index (χ4v) is 3.70. The molecule has 0 aliphatic heterocycles. The van der Waals surface area contributed by atoms with E-state index in [2.05, 4.69) is 5.32 Å². The molecule has 0 aliphatic rings. The monoisotopic (exact) mass is 401 g/mol. The number of hydrogen-bond donors (Lipinski definition) is 1. The van der Waals surface area contributed by atoms with E-state index in [1.165, 1.54) is 49.4 Å². The van der Waals surface area contributed by atoms with Gasteiger partial charge in [0.05, 0.1) is 0 Å². The van der Waals surface area contributed by atoms with Crippen LogP contribution < -0.4 is 15.1 Å². The van der Waals surface area contributed by atoms with Crippen molar-refractivity contribution in [3.8, 4) is 5.75 Å². The van der Waals surface area contributed by atoms with Gasteiger partial charge in [-0.3, -0.25) is 4.79 Å². The minimum absolute atomic E-state index is 0.0301. The second-order valence-corrected chi connectivity index (χ2v) is 8.12. The van der Waals surface area contributed by atoms with Crippen molar-refractivity contribution in [2.75, 3.05) is 5.32 Å². The predicted octanol–water partition coefficient (Wildman–Crippen LogP) is 3.64. The molecule has 0 unspecified atom stereocenters. The standard InChI is InChI=1S/C20H19NO6S/c1-12(2)18-11-20(23)26-19-10-15(6-9-17(18)19)27-28(24,25)16-7-4-14(5-8-16)21-13(3)22/h4-12H,1-3H3,(H,21,22). The zero-order valence-corrected chi connectivity index (χ0v) is 16.4. The molecular weight excluding hydrogens is 382 g/mol. The Kier molecular flexibility index (Phi) is 5.24. The SMILES string of the molecule is CC(=O)Nc1ccc(S(=O)(=O)Oc2ccc3c(C(C)C)cc(=O)oc3c2)cc1. The van der Waals surface area contributed by atoms with E-state index in [4.69, 9.17) is 8.60 Å². The van der Waals surface area contributed by atoms with Crippen molar-refractivity contribution in [2.45, 2.75) is 31.6 Å². The maximum atomic E-state index is 12.5. The number of amides is 1. The Morgan fingerprint density at radius 3 is 2.36 bits per heavy atom. The average molecular weight is 401 g/mol. The number of fused-ring (bicyclic) bond motifs is 1. The van der Waals surface area contributed by atoms with Crippen LogP contribution in [0.1, 0.15) is 32.3 Å². The Hall–Kier alpha value is -3.13. The van der Waals surface area contributed by atoms with E-state index >= 15 is 0 Å². The number of nitrogens with one attached hydrogen (secondary N) is 1. The Labute approximate surface area is 162 Å². The molecule has 0 atom stereocenters. The lowest BCUT2D eigenvalue weighted by molar-refractivity contribution is -0.114. The van der Waals surface area contributed by atoms with Crippen LogP contribution in [0.5, 0.6) is 5.75 Å². The molecule has 2 aromatic carbocycles. The molecular formula is C20H19NO6S. The number of anilines is 1. The molecule has 0 radical (unpaired) electrons. The second kappa shape index (κ2) is 7.47. The normalized spacial score (nSPS) is 11.6. The lowest BCUT2D eigenvalue weighted by Gasteiger charge is -2.11. The highest BCUT2D eigenvalue weighted by Gasteiger charge is 2.18. The van der Waals surface area contributed by atoms with Crippen molar-refractivity contribution in [1.82, 2.24) is 0 Å². The first-order chi connectivity index (χ1) is 13.2. The van der Waals surface area contributed by atoms with E-state index in [0.717, 1.165) is 10.9 Å². The van der Waals surface area contributed by atoms with Crippen molar-refractivity contribution >= 4 is 32.7 Å². The summed E-state index contributed by atoms with van der Waals surface area (Å²) in [5.74, 6) is -0.128. The van der Waals surface area contributed by atoms with Crippen LogP contribution in [0.2, 0.25) is 0 Å². The van der Waals surface area contributed by atoms with E-state index in [1.54, 1.807) is 6.07 Å². The molecule has 0 saturated carbocycles. The van der Waals surface area contributed by atoms with E-state index in [1.807, 2.05) is 13.8 Å². The molecule has 0 spiro atoms. The zero-order valence-electron chi connectivity index (χ0n) is 15.6. The van der Waals surface area contributed by atoms with Crippen LogP contribution in [0.15, 0.2) is 62.6 Å². The fourth-order valence-electron chi connectivity index (χ4n) is 2.78. The van der Waals surface area contributed by atoms with Crippen molar-refractivity contribution in [2.24, 2.45) is 0 Å². The Balaban J connectivity index is 1.93. The molecule has 1 amide bonds. The molecule has 1 aromatic heterocycles. The van der Waals surface area contributed by atoms with Crippen LogP contribution in [0.25, 0.3) is 11.0 Å². The molecule has 0 saturated heterocycles. The van der Waals surface area contributed by atoms with E-state index < -0.39 is 15.7 Å². The summed E-state index contributed by atoms with van der Waals surface area (Å²) in [6, 6.07) is 11.6. The van der Waals surface area contributed by atoms with E-state index in [9.17, 15) is 18.0 Å². The van der Waals surface area contributed by atoms with Gasteiger partial charge < -0.3 is 13.9 Å². The molecule has 146 valence electrons. The van der Waals surface area contributed by atoms with Gasteiger partial charge in [-0.15, -0.1) is 0 Å². The maximum Gasteiger partial charge on any atom is 0.339 e. The molecule has 1 N–H and O–H groups in total. The Morgan fingerprint density at radius 1 is 1.07 bits per heavy atom. The second-order valence-electron chi connectivity index (χ2n) is 6.58. The molecule has 28 heavy (non-hydrogen) atoms. The highest BCUT2D eigenvalue weighted by Crippen LogP contribution is 2.28. The molecule has 1 heterocycles. The van der Waals surface area contributed by atoms with Gasteiger partial charge in [-0.05, 0) is 47.9 Å². The maximum absolute atomic E-state index is 12.5. The molecule has 3 rings (SSSR count). The summed E-state index contributed by atoms with van der Waals surface area (Å²) in [4.78, 5) is 22.8. The molecule has 0 bridgehead atoms. The van der Waals surface area contributed by atoms with Crippen molar-refractivity contribution in [3.05, 3.63) is 64.5 Å². The topological polar surface area (TPSA) is 103 Å². The Bertz CT molecular complexity index is 1190. The molecule has 0 fully saturated rings. The molecule has 0 aliphatic carbocycles. The first kappa shape index (κ1) is 19.6.